The summed E-state index contributed by atoms with van der Waals surface area (Å²) in [6.07, 6.45) is 2.25. The summed E-state index contributed by atoms with van der Waals surface area (Å²) >= 11 is 1.83. The highest BCUT2D eigenvalue weighted by molar-refractivity contribution is 7.98. The fourth-order valence-corrected chi connectivity index (χ4v) is 3.70. The van der Waals surface area contributed by atoms with Crippen LogP contribution in [-0.4, -0.2) is 43.4 Å². The summed E-state index contributed by atoms with van der Waals surface area (Å²) < 4.78 is 10.9. The molecule has 3 rings (SSSR count). The van der Waals surface area contributed by atoms with Crippen molar-refractivity contribution in [2.45, 2.75) is 18.6 Å². The van der Waals surface area contributed by atoms with Gasteiger partial charge in [0.1, 0.15) is 11.5 Å². The number of rotatable bonds is 8. The van der Waals surface area contributed by atoms with Crippen LogP contribution in [0.2, 0.25) is 0 Å². The summed E-state index contributed by atoms with van der Waals surface area (Å²) in [7, 11) is 1.65. The van der Waals surface area contributed by atoms with E-state index in [1.807, 2.05) is 53.1 Å². The molecule has 1 heterocycles. The van der Waals surface area contributed by atoms with Gasteiger partial charge in [0, 0.05) is 30.2 Å². The molecule has 138 valence electrons. The molecule has 26 heavy (non-hydrogen) atoms. The zero-order chi connectivity index (χ0) is 18.2. The lowest BCUT2D eigenvalue weighted by Gasteiger charge is -2.15. The first-order valence-corrected chi connectivity index (χ1v) is 10.1. The van der Waals surface area contributed by atoms with Crippen LogP contribution in [0.1, 0.15) is 28.8 Å². The van der Waals surface area contributed by atoms with Crippen molar-refractivity contribution in [3.63, 3.8) is 0 Å². The Hall–Kier alpha value is -2.14. The van der Waals surface area contributed by atoms with Crippen LogP contribution in [0.4, 0.5) is 0 Å². The van der Waals surface area contributed by atoms with Crippen molar-refractivity contribution in [1.29, 1.82) is 0 Å². The zero-order valence-corrected chi connectivity index (χ0v) is 16.0. The summed E-state index contributed by atoms with van der Waals surface area (Å²) in [4.78, 5) is 14.3. The minimum absolute atomic E-state index is 0.162. The molecule has 0 aliphatic carbocycles. The van der Waals surface area contributed by atoms with Crippen LogP contribution in [-0.2, 0) is 5.75 Å². The van der Waals surface area contributed by atoms with Crippen LogP contribution in [0.5, 0.6) is 11.5 Å². The van der Waals surface area contributed by atoms with Gasteiger partial charge in [0.15, 0.2) is 0 Å². The first-order chi connectivity index (χ1) is 12.8. The molecule has 0 atom stereocenters. The average molecular weight is 372 g/mol. The normalized spacial score (nSPS) is 13.7. The first-order valence-electron chi connectivity index (χ1n) is 8.99. The zero-order valence-electron chi connectivity index (χ0n) is 15.1. The van der Waals surface area contributed by atoms with Gasteiger partial charge in [0.2, 0.25) is 0 Å². The third kappa shape index (κ3) is 5.18. The van der Waals surface area contributed by atoms with Crippen LogP contribution >= 0.6 is 11.8 Å². The monoisotopic (exact) mass is 371 g/mol. The van der Waals surface area contributed by atoms with E-state index in [1.54, 1.807) is 7.11 Å². The number of hydrogen-bond donors (Lipinski definition) is 0. The molecule has 0 aromatic heterocycles. The molecule has 4 nitrogen and oxygen atoms in total. The number of methoxy groups -OCH3 is 1. The number of carbonyl (C=O) groups is 1. The second-order valence-electron chi connectivity index (χ2n) is 6.27. The fraction of sp³-hybridized carbons (Fsp3) is 0.381. The van der Waals surface area contributed by atoms with E-state index in [1.165, 1.54) is 5.56 Å². The number of thioether (sulfide) groups is 1. The Morgan fingerprint density at radius 2 is 1.65 bits per heavy atom. The molecule has 1 aliphatic heterocycles. The summed E-state index contributed by atoms with van der Waals surface area (Å²) in [6, 6.07) is 15.6. The van der Waals surface area contributed by atoms with Crippen molar-refractivity contribution in [3.8, 4) is 11.5 Å². The first kappa shape index (κ1) is 18.6. The number of benzene rings is 2. The van der Waals surface area contributed by atoms with E-state index < -0.39 is 0 Å². The van der Waals surface area contributed by atoms with Gasteiger partial charge in [-0.3, -0.25) is 4.79 Å². The summed E-state index contributed by atoms with van der Waals surface area (Å²) in [5, 5.41) is 0. The van der Waals surface area contributed by atoms with E-state index in [2.05, 4.69) is 12.1 Å². The lowest BCUT2D eigenvalue weighted by atomic mass is 10.1. The molecule has 2 aromatic carbocycles. The average Bonchev–Trinajstić information content (AvgIpc) is 3.23. The minimum atomic E-state index is 0.162. The predicted octanol–water partition coefficient (Wildman–Crippen LogP) is 4.24. The number of likely N-dealkylation sites (tertiary alicyclic amines) is 1. The number of hydrogen-bond acceptors (Lipinski definition) is 4. The van der Waals surface area contributed by atoms with Gasteiger partial charge in [-0.2, -0.15) is 11.8 Å². The van der Waals surface area contributed by atoms with Gasteiger partial charge >= 0.3 is 0 Å². The van der Waals surface area contributed by atoms with Crippen LogP contribution in [0.3, 0.4) is 0 Å². The maximum atomic E-state index is 12.3. The summed E-state index contributed by atoms with van der Waals surface area (Å²) in [5.74, 6) is 3.69. The largest absolute Gasteiger partial charge is 0.497 e. The minimum Gasteiger partial charge on any atom is -0.497 e. The Balaban J connectivity index is 1.37. The highest BCUT2D eigenvalue weighted by Crippen LogP contribution is 2.19. The molecular formula is C21H25NO3S. The quantitative estimate of drug-likeness (QED) is 0.651. The molecule has 0 unspecified atom stereocenters. The van der Waals surface area contributed by atoms with Crippen molar-refractivity contribution in [2.24, 2.45) is 0 Å². The Morgan fingerprint density at radius 1 is 1.00 bits per heavy atom. The standard InChI is InChI=1S/C21H25NO3S/c1-24-19-8-10-20(11-9-19)25-14-15-26-16-17-4-6-18(7-5-17)21(23)22-12-2-3-13-22/h4-11H,2-3,12-16H2,1H3. The molecule has 1 amide bonds. The molecule has 0 radical (unpaired) electrons. The van der Waals surface area contributed by atoms with Crippen molar-refractivity contribution in [3.05, 3.63) is 59.7 Å². The van der Waals surface area contributed by atoms with Crippen LogP contribution < -0.4 is 9.47 Å². The SMILES string of the molecule is COc1ccc(OCCSCc2ccc(C(=O)N3CCCC3)cc2)cc1. The lowest BCUT2D eigenvalue weighted by molar-refractivity contribution is 0.0793. The van der Waals surface area contributed by atoms with Gasteiger partial charge in [-0.15, -0.1) is 0 Å². The number of ether oxygens (including phenoxy) is 2. The van der Waals surface area contributed by atoms with E-state index in [4.69, 9.17) is 9.47 Å². The topological polar surface area (TPSA) is 38.8 Å². The van der Waals surface area contributed by atoms with Gasteiger partial charge in [-0.1, -0.05) is 12.1 Å². The van der Waals surface area contributed by atoms with Crippen molar-refractivity contribution in [2.75, 3.05) is 32.6 Å². The molecule has 0 N–H and O–H groups in total. The predicted molar refractivity (Wildman–Crippen MR) is 106 cm³/mol. The van der Waals surface area contributed by atoms with Gasteiger partial charge < -0.3 is 14.4 Å². The van der Waals surface area contributed by atoms with E-state index in [0.29, 0.717) is 6.61 Å². The van der Waals surface area contributed by atoms with Gasteiger partial charge in [-0.05, 0) is 54.8 Å². The summed E-state index contributed by atoms with van der Waals surface area (Å²) in [6.45, 7) is 2.46. The molecule has 1 saturated heterocycles. The maximum absolute atomic E-state index is 12.3. The highest BCUT2D eigenvalue weighted by Gasteiger charge is 2.18. The fourth-order valence-electron chi connectivity index (χ4n) is 2.93. The summed E-state index contributed by atoms with van der Waals surface area (Å²) in [5.41, 5.74) is 2.03. The van der Waals surface area contributed by atoms with Crippen LogP contribution in [0.15, 0.2) is 48.5 Å². The molecular weight excluding hydrogens is 346 g/mol. The molecule has 0 bridgehead atoms. The molecule has 1 fully saturated rings. The molecule has 0 spiro atoms. The second kappa shape index (κ2) is 9.53. The van der Waals surface area contributed by atoms with Crippen molar-refractivity contribution >= 4 is 17.7 Å². The Labute approximate surface area is 159 Å². The third-order valence-electron chi connectivity index (χ3n) is 4.42. The molecule has 5 heteroatoms. The Bertz CT molecular complexity index is 694. The third-order valence-corrected chi connectivity index (χ3v) is 5.41. The molecule has 2 aromatic rings. The van der Waals surface area contributed by atoms with Gasteiger partial charge in [0.05, 0.1) is 13.7 Å². The van der Waals surface area contributed by atoms with Gasteiger partial charge in [0.25, 0.3) is 5.91 Å². The number of carbonyl (C=O) groups excluding carboxylic acids is 1. The highest BCUT2D eigenvalue weighted by atomic mass is 32.2. The Morgan fingerprint density at radius 3 is 2.31 bits per heavy atom. The van der Waals surface area contributed by atoms with Crippen LogP contribution in [0, 0.1) is 0 Å². The lowest BCUT2D eigenvalue weighted by Crippen LogP contribution is -2.27. The van der Waals surface area contributed by atoms with Crippen molar-refractivity contribution < 1.29 is 14.3 Å². The molecule has 0 saturated carbocycles. The smallest absolute Gasteiger partial charge is 0.253 e. The molecule has 1 aliphatic rings. The van der Waals surface area contributed by atoms with E-state index in [-0.39, 0.29) is 5.91 Å². The number of nitrogens with zero attached hydrogens (tertiary/aromatic N) is 1. The number of amides is 1. The van der Waals surface area contributed by atoms with E-state index in [0.717, 1.165) is 54.5 Å². The maximum Gasteiger partial charge on any atom is 0.253 e. The van der Waals surface area contributed by atoms with E-state index >= 15 is 0 Å². The van der Waals surface area contributed by atoms with Crippen molar-refractivity contribution in [1.82, 2.24) is 4.90 Å². The van der Waals surface area contributed by atoms with Gasteiger partial charge in [-0.25, -0.2) is 0 Å². The second-order valence-corrected chi connectivity index (χ2v) is 7.38. The van der Waals surface area contributed by atoms with E-state index in [9.17, 15) is 4.79 Å². The van der Waals surface area contributed by atoms with Crippen LogP contribution in [0.25, 0.3) is 0 Å². The Kier molecular flexibility index (Phi) is 6.83.